The zero-order valence-corrected chi connectivity index (χ0v) is 5.65. The summed E-state index contributed by atoms with van der Waals surface area (Å²) in [5.41, 5.74) is 0.363. The topological polar surface area (TPSA) is 71.2 Å². The van der Waals surface area contributed by atoms with Crippen molar-refractivity contribution in [3.63, 3.8) is 0 Å². The fourth-order valence-electron chi connectivity index (χ4n) is 0.734. The van der Waals surface area contributed by atoms with Gasteiger partial charge in [0.15, 0.2) is 0 Å². The molecule has 1 aromatic heterocycles. The van der Waals surface area contributed by atoms with Crippen LogP contribution in [-0.2, 0) is 6.42 Å². The molecule has 0 spiro atoms. The summed E-state index contributed by atoms with van der Waals surface area (Å²) >= 11 is 0. The Morgan fingerprint density at radius 1 is 1.60 bits per heavy atom. The molecule has 0 radical (unpaired) electrons. The molecule has 0 aliphatic heterocycles. The second-order valence-corrected chi connectivity index (χ2v) is 2.00. The molecule has 56 valence electrons. The Morgan fingerprint density at radius 3 is 2.70 bits per heavy atom. The predicted octanol–water partition coefficient (Wildman–Crippen LogP) is 0.173. The highest BCUT2D eigenvalue weighted by Crippen LogP contribution is 2.11. The minimum Gasteiger partial charge on any atom is -0.491 e. The number of hydrogen-bond acceptors (Lipinski definition) is 4. The molecule has 0 atom stereocenters. The van der Waals surface area contributed by atoms with Crippen molar-refractivity contribution in [3.05, 3.63) is 5.69 Å². The van der Waals surface area contributed by atoms with Gasteiger partial charge in [0.2, 0.25) is 0 Å². The molecule has 1 aromatic rings. The van der Waals surface area contributed by atoms with Crippen LogP contribution < -0.4 is 0 Å². The van der Waals surface area contributed by atoms with Crippen LogP contribution in [0.25, 0.3) is 0 Å². The molecule has 0 fully saturated rings. The van der Waals surface area contributed by atoms with Crippen molar-refractivity contribution < 1.29 is 10.3 Å². The lowest BCUT2D eigenvalue weighted by Crippen LogP contribution is -1.98. The predicted molar refractivity (Wildman–Crippen MR) is 32.9 cm³/mol. The third kappa shape index (κ3) is 1.02. The lowest BCUT2D eigenvalue weighted by molar-refractivity contribution is 0.134. The van der Waals surface area contributed by atoms with Crippen LogP contribution in [0, 0.1) is 0 Å². The Bertz CT molecular complexity index is 201. The molecule has 0 aliphatic carbocycles. The van der Waals surface area contributed by atoms with Gasteiger partial charge >= 0.3 is 0 Å². The standard InChI is InChI=1S/C5H9N3O2/c1-2-3-4-5(9)6-7-8(4)10/h9-10H,2-3H2,1H3. The van der Waals surface area contributed by atoms with Gasteiger partial charge in [0.05, 0.1) is 0 Å². The maximum absolute atomic E-state index is 8.91. The Labute approximate surface area is 57.9 Å². The first kappa shape index (κ1) is 6.85. The molecule has 0 saturated heterocycles. The van der Waals surface area contributed by atoms with E-state index < -0.39 is 0 Å². The van der Waals surface area contributed by atoms with E-state index in [2.05, 4.69) is 10.3 Å². The molecule has 0 aromatic carbocycles. The number of rotatable bonds is 2. The van der Waals surface area contributed by atoms with Crippen molar-refractivity contribution in [3.8, 4) is 5.88 Å². The van der Waals surface area contributed by atoms with Crippen LogP contribution in [0.15, 0.2) is 0 Å². The zero-order valence-electron chi connectivity index (χ0n) is 5.65. The third-order valence-electron chi connectivity index (χ3n) is 1.21. The second-order valence-electron chi connectivity index (χ2n) is 2.00. The average molecular weight is 143 g/mol. The quantitative estimate of drug-likeness (QED) is 0.579. The van der Waals surface area contributed by atoms with Crippen LogP contribution in [0.4, 0.5) is 0 Å². The number of aromatic hydroxyl groups is 1. The van der Waals surface area contributed by atoms with Crippen molar-refractivity contribution in [2.75, 3.05) is 0 Å². The largest absolute Gasteiger partial charge is 0.491 e. The molecule has 1 rings (SSSR count). The van der Waals surface area contributed by atoms with Gasteiger partial charge in [-0.05, 0) is 11.6 Å². The van der Waals surface area contributed by atoms with Crippen LogP contribution >= 0.6 is 0 Å². The Morgan fingerprint density at radius 2 is 2.30 bits per heavy atom. The van der Waals surface area contributed by atoms with Crippen molar-refractivity contribution >= 4 is 0 Å². The average Bonchev–Trinajstić information content (AvgIpc) is 2.20. The van der Waals surface area contributed by atoms with Crippen LogP contribution in [0.2, 0.25) is 0 Å². The molecule has 0 bridgehead atoms. The second kappa shape index (κ2) is 2.55. The van der Waals surface area contributed by atoms with Crippen molar-refractivity contribution in [2.24, 2.45) is 0 Å². The molecule has 0 amide bonds. The first-order valence-electron chi connectivity index (χ1n) is 3.08. The van der Waals surface area contributed by atoms with Gasteiger partial charge in [0, 0.05) is 0 Å². The molecule has 5 nitrogen and oxygen atoms in total. The maximum atomic E-state index is 8.91. The van der Waals surface area contributed by atoms with Crippen molar-refractivity contribution in [1.82, 2.24) is 15.2 Å². The van der Waals surface area contributed by atoms with E-state index in [0.29, 0.717) is 17.0 Å². The van der Waals surface area contributed by atoms with Gasteiger partial charge in [0.1, 0.15) is 5.69 Å². The number of nitrogens with zero attached hydrogens (tertiary/aromatic N) is 3. The van der Waals surface area contributed by atoms with Crippen molar-refractivity contribution in [1.29, 1.82) is 0 Å². The molecule has 2 N–H and O–H groups in total. The highest BCUT2D eigenvalue weighted by Gasteiger charge is 2.08. The fourth-order valence-corrected chi connectivity index (χ4v) is 0.734. The third-order valence-corrected chi connectivity index (χ3v) is 1.21. The molecular formula is C5H9N3O2. The van der Waals surface area contributed by atoms with Crippen LogP contribution in [0.1, 0.15) is 19.0 Å². The van der Waals surface area contributed by atoms with Gasteiger partial charge in [-0.3, -0.25) is 0 Å². The first-order chi connectivity index (χ1) is 4.75. The smallest absolute Gasteiger partial charge is 0.258 e. The molecule has 0 saturated carbocycles. The summed E-state index contributed by atoms with van der Waals surface area (Å²) in [4.78, 5) is 0.596. The van der Waals surface area contributed by atoms with E-state index in [1.165, 1.54) is 0 Å². The van der Waals surface area contributed by atoms with Gasteiger partial charge in [-0.2, -0.15) is 0 Å². The normalized spacial score (nSPS) is 10.1. The molecule has 10 heavy (non-hydrogen) atoms. The van der Waals surface area contributed by atoms with Gasteiger partial charge < -0.3 is 10.3 Å². The minimum atomic E-state index is -0.190. The summed E-state index contributed by atoms with van der Waals surface area (Å²) in [5, 5.41) is 24.2. The van der Waals surface area contributed by atoms with Crippen molar-refractivity contribution in [2.45, 2.75) is 19.8 Å². The molecule has 0 unspecified atom stereocenters. The van der Waals surface area contributed by atoms with E-state index in [4.69, 9.17) is 10.3 Å². The van der Waals surface area contributed by atoms with E-state index in [0.717, 1.165) is 6.42 Å². The molecule has 1 heterocycles. The highest BCUT2D eigenvalue weighted by molar-refractivity contribution is 5.13. The summed E-state index contributed by atoms with van der Waals surface area (Å²) in [6.07, 6.45) is 1.41. The number of aromatic nitrogens is 3. The maximum Gasteiger partial charge on any atom is 0.258 e. The van der Waals surface area contributed by atoms with Crippen LogP contribution in [-0.4, -0.2) is 25.5 Å². The van der Waals surface area contributed by atoms with E-state index in [-0.39, 0.29) is 5.88 Å². The summed E-state index contributed by atoms with van der Waals surface area (Å²) in [6, 6.07) is 0. The Hall–Kier alpha value is -1.26. The van der Waals surface area contributed by atoms with Crippen LogP contribution in [0.5, 0.6) is 5.88 Å². The van der Waals surface area contributed by atoms with Gasteiger partial charge in [-0.25, -0.2) is 0 Å². The SMILES string of the molecule is CCCc1c(O)nnn1O. The van der Waals surface area contributed by atoms with Gasteiger partial charge in [0.25, 0.3) is 5.88 Å². The summed E-state index contributed by atoms with van der Waals surface area (Å²) in [5.74, 6) is -0.190. The minimum absolute atomic E-state index is 0.190. The summed E-state index contributed by atoms with van der Waals surface area (Å²) in [7, 11) is 0. The number of hydrogen-bond donors (Lipinski definition) is 2. The lowest BCUT2D eigenvalue weighted by Gasteiger charge is -1.93. The van der Waals surface area contributed by atoms with E-state index in [9.17, 15) is 0 Å². The molecular weight excluding hydrogens is 134 g/mol. The first-order valence-corrected chi connectivity index (χ1v) is 3.08. The molecule has 0 aliphatic rings. The van der Waals surface area contributed by atoms with E-state index in [1.807, 2.05) is 6.92 Å². The highest BCUT2D eigenvalue weighted by atomic mass is 16.5. The fraction of sp³-hybridized carbons (Fsp3) is 0.600. The monoisotopic (exact) mass is 143 g/mol. The van der Waals surface area contributed by atoms with E-state index in [1.54, 1.807) is 0 Å². The Balaban J connectivity index is 2.87. The van der Waals surface area contributed by atoms with E-state index >= 15 is 0 Å². The summed E-state index contributed by atoms with van der Waals surface area (Å²) in [6.45, 7) is 1.94. The lowest BCUT2D eigenvalue weighted by atomic mass is 10.3. The summed E-state index contributed by atoms with van der Waals surface area (Å²) < 4.78 is 0. The van der Waals surface area contributed by atoms with Gasteiger partial charge in [-0.15, -0.1) is 0 Å². The Kier molecular flexibility index (Phi) is 1.75. The van der Waals surface area contributed by atoms with Gasteiger partial charge in [-0.1, -0.05) is 23.3 Å². The molecule has 5 heteroatoms. The van der Waals surface area contributed by atoms with Crippen LogP contribution in [0.3, 0.4) is 0 Å². The zero-order chi connectivity index (χ0) is 7.56.